The maximum atomic E-state index is 13.5. The van der Waals surface area contributed by atoms with Crippen LogP contribution in [0.1, 0.15) is 36.2 Å². The van der Waals surface area contributed by atoms with E-state index in [1.807, 2.05) is 0 Å². The predicted molar refractivity (Wildman–Crippen MR) is 66.5 cm³/mol. The number of carbonyl (C=O) groups excluding carboxylic acids is 2. The van der Waals surface area contributed by atoms with E-state index >= 15 is 0 Å². The number of amides is 2. The summed E-state index contributed by atoms with van der Waals surface area (Å²) in [5, 5.41) is 2.49. The second-order valence-corrected chi connectivity index (χ2v) is 5.06. The van der Waals surface area contributed by atoms with Gasteiger partial charge in [-0.05, 0) is 32.4 Å². The van der Waals surface area contributed by atoms with Gasteiger partial charge in [-0.25, -0.2) is 8.78 Å². The van der Waals surface area contributed by atoms with Crippen molar-refractivity contribution in [2.75, 3.05) is 0 Å². The topological polar surface area (TPSA) is 72.2 Å². The maximum Gasteiger partial charge on any atom is 0.254 e. The van der Waals surface area contributed by atoms with E-state index in [0.717, 1.165) is 6.07 Å². The van der Waals surface area contributed by atoms with Crippen LogP contribution in [0.4, 0.5) is 8.78 Å². The summed E-state index contributed by atoms with van der Waals surface area (Å²) in [5.74, 6) is -2.96. The van der Waals surface area contributed by atoms with Crippen molar-refractivity contribution in [3.8, 4) is 0 Å². The van der Waals surface area contributed by atoms with E-state index in [2.05, 4.69) is 5.32 Å². The third-order valence-corrected chi connectivity index (χ3v) is 2.56. The van der Waals surface area contributed by atoms with E-state index < -0.39 is 29.0 Å². The molecule has 0 saturated heterocycles. The molecule has 0 aromatic heterocycles. The minimum Gasteiger partial charge on any atom is -0.370 e. The highest BCUT2D eigenvalue weighted by Crippen LogP contribution is 2.16. The number of nitrogens with one attached hydrogen (secondary N) is 1. The first-order valence-corrected chi connectivity index (χ1v) is 5.69. The van der Waals surface area contributed by atoms with Gasteiger partial charge >= 0.3 is 0 Å². The highest BCUT2D eigenvalue weighted by atomic mass is 19.1. The lowest BCUT2D eigenvalue weighted by molar-refractivity contribution is -0.119. The summed E-state index contributed by atoms with van der Waals surface area (Å²) >= 11 is 0. The summed E-state index contributed by atoms with van der Waals surface area (Å²) in [6, 6.07) is 1.78. The number of aryl methyl sites for hydroxylation is 1. The Hall–Kier alpha value is -1.98. The minimum atomic E-state index is -0.949. The number of carbonyl (C=O) groups is 2. The van der Waals surface area contributed by atoms with Gasteiger partial charge in [0.05, 0.1) is 5.56 Å². The van der Waals surface area contributed by atoms with Crippen LogP contribution < -0.4 is 11.1 Å². The summed E-state index contributed by atoms with van der Waals surface area (Å²) in [4.78, 5) is 22.7. The van der Waals surface area contributed by atoms with Crippen molar-refractivity contribution in [2.45, 2.75) is 32.7 Å². The van der Waals surface area contributed by atoms with Crippen molar-refractivity contribution >= 4 is 11.8 Å². The standard InChI is InChI=1S/C13H16F2N2O2/c1-7-4-8(10(15)5-9(7)14)12(19)17-13(2,3)6-11(16)18/h4-5H,6H2,1-3H3,(H2,16,18)(H,17,19). The third kappa shape index (κ3) is 4.01. The summed E-state index contributed by atoms with van der Waals surface area (Å²) in [7, 11) is 0. The monoisotopic (exact) mass is 270 g/mol. The Morgan fingerprint density at radius 2 is 1.84 bits per heavy atom. The number of nitrogens with two attached hydrogens (primary N) is 1. The van der Waals surface area contributed by atoms with Crippen LogP contribution in [0.5, 0.6) is 0 Å². The molecule has 0 aliphatic rings. The van der Waals surface area contributed by atoms with Crippen molar-refractivity contribution in [3.05, 3.63) is 34.9 Å². The van der Waals surface area contributed by atoms with Gasteiger partial charge in [0.25, 0.3) is 5.91 Å². The Morgan fingerprint density at radius 3 is 2.37 bits per heavy atom. The molecule has 0 aliphatic carbocycles. The van der Waals surface area contributed by atoms with E-state index in [9.17, 15) is 18.4 Å². The zero-order valence-electron chi connectivity index (χ0n) is 11.0. The minimum absolute atomic E-state index is 0.0828. The number of benzene rings is 1. The van der Waals surface area contributed by atoms with Crippen LogP contribution >= 0.6 is 0 Å². The van der Waals surface area contributed by atoms with Gasteiger partial charge in [-0.3, -0.25) is 9.59 Å². The van der Waals surface area contributed by atoms with E-state index in [1.165, 1.54) is 6.92 Å². The molecule has 0 bridgehead atoms. The maximum absolute atomic E-state index is 13.5. The first kappa shape index (κ1) is 15.1. The van der Waals surface area contributed by atoms with Gasteiger partial charge in [-0.2, -0.15) is 0 Å². The lowest BCUT2D eigenvalue weighted by atomic mass is 9.99. The number of hydrogen-bond donors (Lipinski definition) is 2. The largest absolute Gasteiger partial charge is 0.370 e. The number of rotatable bonds is 4. The molecule has 1 rings (SSSR count). The van der Waals surface area contributed by atoms with E-state index in [-0.39, 0.29) is 17.5 Å². The summed E-state index contributed by atoms with van der Waals surface area (Å²) in [5.41, 5.74) is 4.05. The molecule has 6 heteroatoms. The average Bonchev–Trinajstić information content (AvgIpc) is 2.20. The molecular weight excluding hydrogens is 254 g/mol. The number of halogens is 2. The summed E-state index contributed by atoms with van der Waals surface area (Å²) in [6.07, 6.45) is -0.0828. The van der Waals surface area contributed by atoms with E-state index in [0.29, 0.717) is 6.07 Å². The van der Waals surface area contributed by atoms with E-state index in [1.54, 1.807) is 13.8 Å². The quantitative estimate of drug-likeness (QED) is 0.873. The lowest BCUT2D eigenvalue weighted by Crippen LogP contribution is -2.46. The molecule has 104 valence electrons. The molecule has 2 amide bonds. The van der Waals surface area contributed by atoms with Crippen LogP contribution in [0.15, 0.2) is 12.1 Å². The summed E-state index contributed by atoms with van der Waals surface area (Å²) < 4.78 is 26.6. The second kappa shape index (κ2) is 5.34. The van der Waals surface area contributed by atoms with Crippen molar-refractivity contribution in [2.24, 2.45) is 5.73 Å². The van der Waals surface area contributed by atoms with Crippen LogP contribution in [-0.4, -0.2) is 17.4 Å². The normalized spacial score (nSPS) is 11.2. The average molecular weight is 270 g/mol. The first-order valence-electron chi connectivity index (χ1n) is 5.69. The van der Waals surface area contributed by atoms with Crippen LogP contribution in [0.2, 0.25) is 0 Å². The van der Waals surface area contributed by atoms with Gasteiger partial charge in [0, 0.05) is 18.0 Å². The van der Waals surface area contributed by atoms with Gasteiger partial charge in [-0.1, -0.05) is 0 Å². The molecule has 0 aliphatic heterocycles. The molecular formula is C13H16F2N2O2. The fourth-order valence-corrected chi connectivity index (χ4v) is 1.69. The molecule has 4 nitrogen and oxygen atoms in total. The first-order chi connectivity index (χ1) is 8.62. The Morgan fingerprint density at radius 1 is 1.26 bits per heavy atom. The zero-order chi connectivity index (χ0) is 14.8. The van der Waals surface area contributed by atoms with Gasteiger partial charge in [0.15, 0.2) is 0 Å². The van der Waals surface area contributed by atoms with E-state index in [4.69, 9.17) is 5.73 Å². The molecule has 3 N–H and O–H groups in total. The van der Waals surface area contributed by atoms with Crippen LogP contribution in [0.25, 0.3) is 0 Å². The smallest absolute Gasteiger partial charge is 0.254 e. The Bertz CT molecular complexity index is 528. The Balaban J connectivity index is 2.96. The SMILES string of the molecule is Cc1cc(C(=O)NC(C)(C)CC(N)=O)c(F)cc1F. The number of hydrogen-bond acceptors (Lipinski definition) is 2. The molecule has 0 saturated carbocycles. The molecule has 0 spiro atoms. The second-order valence-electron chi connectivity index (χ2n) is 5.06. The molecule has 1 aromatic carbocycles. The molecule has 0 heterocycles. The fourth-order valence-electron chi connectivity index (χ4n) is 1.69. The van der Waals surface area contributed by atoms with Gasteiger partial charge < -0.3 is 11.1 Å². The Labute approximate surface area is 110 Å². The van der Waals surface area contributed by atoms with Crippen molar-refractivity contribution in [1.82, 2.24) is 5.32 Å². The van der Waals surface area contributed by atoms with Gasteiger partial charge in [0.2, 0.25) is 5.91 Å². The van der Waals surface area contributed by atoms with Crippen molar-refractivity contribution < 1.29 is 18.4 Å². The fraction of sp³-hybridized carbons (Fsp3) is 0.385. The molecule has 0 radical (unpaired) electrons. The van der Waals surface area contributed by atoms with Crippen molar-refractivity contribution in [1.29, 1.82) is 0 Å². The van der Waals surface area contributed by atoms with Gasteiger partial charge in [0.1, 0.15) is 11.6 Å². The highest BCUT2D eigenvalue weighted by molar-refractivity contribution is 5.95. The Kier molecular flexibility index (Phi) is 4.24. The highest BCUT2D eigenvalue weighted by Gasteiger charge is 2.25. The lowest BCUT2D eigenvalue weighted by Gasteiger charge is -2.24. The van der Waals surface area contributed by atoms with Gasteiger partial charge in [-0.15, -0.1) is 0 Å². The third-order valence-electron chi connectivity index (χ3n) is 2.56. The number of primary amides is 1. The van der Waals surface area contributed by atoms with Crippen LogP contribution in [0, 0.1) is 18.6 Å². The molecule has 1 aromatic rings. The van der Waals surface area contributed by atoms with Crippen LogP contribution in [-0.2, 0) is 4.79 Å². The summed E-state index contributed by atoms with van der Waals surface area (Å²) in [6.45, 7) is 4.61. The molecule has 19 heavy (non-hydrogen) atoms. The molecule has 0 atom stereocenters. The zero-order valence-corrected chi connectivity index (χ0v) is 11.0. The molecule has 0 unspecified atom stereocenters. The molecule has 0 fully saturated rings. The predicted octanol–water partition coefficient (Wildman–Crippen LogP) is 1.66. The van der Waals surface area contributed by atoms with Crippen LogP contribution in [0.3, 0.4) is 0 Å². The van der Waals surface area contributed by atoms with Crippen molar-refractivity contribution in [3.63, 3.8) is 0 Å².